The second-order valence-electron chi connectivity index (χ2n) is 5.87. The molecule has 0 unspecified atom stereocenters. The molecular weight excluding hydrogens is 324 g/mol. The number of hydrogen-bond acceptors (Lipinski definition) is 4. The number of aromatic nitrogens is 3. The lowest BCUT2D eigenvalue weighted by molar-refractivity contribution is 0.601. The van der Waals surface area contributed by atoms with Crippen molar-refractivity contribution in [1.29, 1.82) is 0 Å². The lowest BCUT2D eigenvalue weighted by Gasteiger charge is -2.06. The van der Waals surface area contributed by atoms with E-state index in [1.54, 1.807) is 12.1 Å². The fourth-order valence-corrected chi connectivity index (χ4v) is 3.60. The Kier molecular flexibility index (Phi) is 4.53. The van der Waals surface area contributed by atoms with E-state index in [2.05, 4.69) is 33.8 Å². The van der Waals surface area contributed by atoms with Gasteiger partial charge in [0.25, 0.3) is 10.0 Å². The van der Waals surface area contributed by atoms with Crippen LogP contribution in [0.4, 0.5) is 5.82 Å². The highest BCUT2D eigenvalue weighted by Crippen LogP contribution is 2.23. The van der Waals surface area contributed by atoms with Crippen LogP contribution in [0.3, 0.4) is 0 Å². The van der Waals surface area contributed by atoms with Crippen molar-refractivity contribution in [2.75, 3.05) is 4.72 Å². The van der Waals surface area contributed by atoms with Gasteiger partial charge in [0, 0.05) is 23.3 Å². The predicted octanol–water partition coefficient (Wildman–Crippen LogP) is 3.66. The maximum atomic E-state index is 12.5. The molecule has 0 saturated heterocycles. The number of sulfonamides is 1. The number of anilines is 1. The molecule has 3 rings (SSSR count). The molecule has 6 nitrogen and oxygen atoms in total. The van der Waals surface area contributed by atoms with Gasteiger partial charge in [-0.1, -0.05) is 38.5 Å². The fraction of sp³-hybridized carbons (Fsp3) is 0.294. The summed E-state index contributed by atoms with van der Waals surface area (Å²) in [6.45, 7) is 4.20. The Bertz CT molecular complexity index is 950. The normalized spacial score (nSPS) is 13.1. The first kappa shape index (κ1) is 16.4. The van der Waals surface area contributed by atoms with Crippen molar-refractivity contribution in [1.82, 2.24) is 15.2 Å². The van der Waals surface area contributed by atoms with Crippen LogP contribution < -0.4 is 4.72 Å². The summed E-state index contributed by atoms with van der Waals surface area (Å²) in [5, 5.41) is 7.74. The molecule has 24 heavy (non-hydrogen) atoms. The van der Waals surface area contributed by atoms with Crippen molar-refractivity contribution in [3.8, 4) is 0 Å². The molecule has 0 bridgehead atoms. The molecule has 1 aromatic carbocycles. The van der Waals surface area contributed by atoms with Crippen LogP contribution in [0.2, 0.25) is 0 Å². The summed E-state index contributed by atoms with van der Waals surface area (Å²) >= 11 is 0. The average Bonchev–Trinajstić information content (AvgIpc) is 3.02. The first-order chi connectivity index (χ1) is 11.5. The molecule has 0 aliphatic heterocycles. The summed E-state index contributed by atoms with van der Waals surface area (Å²) in [7, 11) is -3.72. The summed E-state index contributed by atoms with van der Waals surface area (Å²) in [5.74, 6) is 0.601. The van der Waals surface area contributed by atoms with Gasteiger partial charge in [0.2, 0.25) is 0 Å². The molecule has 0 radical (unpaired) electrons. The van der Waals surface area contributed by atoms with Gasteiger partial charge in [-0.15, -0.1) is 0 Å². The maximum absolute atomic E-state index is 12.5. The number of nitrogens with zero attached hydrogens (tertiary/aromatic N) is 2. The number of pyridine rings is 1. The highest BCUT2D eigenvalue weighted by Gasteiger charge is 2.18. The van der Waals surface area contributed by atoms with Gasteiger partial charge in [0.1, 0.15) is 4.90 Å². The zero-order chi connectivity index (χ0) is 17.2. The van der Waals surface area contributed by atoms with Gasteiger partial charge in [-0.3, -0.25) is 14.8 Å². The smallest absolute Gasteiger partial charge is 0.264 e. The molecule has 2 heterocycles. The van der Waals surface area contributed by atoms with Gasteiger partial charge in [0.05, 0.1) is 5.52 Å². The molecule has 0 aliphatic rings. The number of benzene rings is 1. The third-order valence-corrected chi connectivity index (χ3v) is 5.29. The van der Waals surface area contributed by atoms with Crippen molar-refractivity contribution in [2.45, 2.75) is 37.5 Å². The minimum Gasteiger partial charge on any atom is -0.280 e. The van der Waals surface area contributed by atoms with Crippen molar-refractivity contribution < 1.29 is 8.42 Å². The summed E-state index contributed by atoms with van der Waals surface area (Å²) < 4.78 is 27.6. The number of fused-ring (bicyclic) bond motifs is 1. The largest absolute Gasteiger partial charge is 0.280 e. The second-order valence-corrected chi connectivity index (χ2v) is 7.55. The van der Waals surface area contributed by atoms with E-state index in [0.717, 1.165) is 29.4 Å². The quantitative estimate of drug-likeness (QED) is 0.714. The standard InChI is InChI=1S/C17H20N4O2S/c1-3-6-12(2)16-10-17(20-19-16)21-24(22,23)14-9-13-7-4-5-8-15(13)18-11-14/h4-5,7-12H,3,6H2,1-2H3,(H2,19,20,21)/t12-/m1/s1. The Balaban J connectivity index is 1.85. The molecule has 1 atom stereocenters. The summed E-state index contributed by atoms with van der Waals surface area (Å²) in [6, 6.07) is 10.7. The highest BCUT2D eigenvalue weighted by atomic mass is 32.2. The summed E-state index contributed by atoms with van der Waals surface area (Å²) in [4.78, 5) is 4.32. The van der Waals surface area contributed by atoms with E-state index in [4.69, 9.17) is 0 Å². The molecular formula is C17H20N4O2S. The number of para-hydroxylation sites is 1. The lowest BCUT2D eigenvalue weighted by atomic mass is 10.0. The Morgan fingerprint density at radius 1 is 1.25 bits per heavy atom. The summed E-state index contributed by atoms with van der Waals surface area (Å²) in [6.07, 6.45) is 3.44. The van der Waals surface area contributed by atoms with E-state index in [0.29, 0.717) is 11.7 Å². The zero-order valence-corrected chi connectivity index (χ0v) is 14.5. The Hall–Kier alpha value is -2.41. The molecule has 0 fully saturated rings. The van der Waals surface area contributed by atoms with Crippen LogP contribution >= 0.6 is 0 Å². The summed E-state index contributed by atoms with van der Waals surface area (Å²) in [5.41, 5.74) is 1.68. The van der Waals surface area contributed by atoms with Crippen molar-refractivity contribution in [3.05, 3.63) is 48.3 Å². The van der Waals surface area contributed by atoms with Crippen molar-refractivity contribution in [2.24, 2.45) is 0 Å². The van der Waals surface area contributed by atoms with E-state index in [9.17, 15) is 8.42 Å². The molecule has 7 heteroatoms. The van der Waals surface area contributed by atoms with Crippen LogP contribution in [-0.2, 0) is 10.0 Å². The van der Waals surface area contributed by atoms with E-state index in [1.807, 2.05) is 24.3 Å². The van der Waals surface area contributed by atoms with Gasteiger partial charge in [0.15, 0.2) is 5.82 Å². The number of aromatic amines is 1. The van der Waals surface area contributed by atoms with Crippen molar-refractivity contribution >= 4 is 26.7 Å². The molecule has 0 spiro atoms. The van der Waals surface area contributed by atoms with Crippen LogP contribution in [0.1, 0.15) is 38.3 Å². The zero-order valence-electron chi connectivity index (χ0n) is 13.7. The molecule has 2 N–H and O–H groups in total. The van der Waals surface area contributed by atoms with Gasteiger partial charge in [-0.05, 0) is 24.5 Å². The minimum atomic E-state index is -3.72. The molecule has 2 aromatic heterocycles. The fourth-order valence-electron chi connectivity index (χ4n) is 2.62. The van der Waals surface area contributed by atoms with Crippen molar-refractivity contribution in [3.63, 3.8) is 0 Å². The topological polar surface area (TPSA) is 87.7 Å². The highest BCUT2D eigenvalue weighted by molar-refractivity contribution is 7.92. The monoisotopic (exact) mass is 344 g/mol. The SMILES string of the molecule is CCC[C@@H](C)c1cc(NS(=O)(=O)c2cnc3ccccc3c2)n[nH]1. The number of nitrogens with one attached hydrogen (secondary N) is 2. The van der Waals surface area contributed by atoms with Crippen LogP contribution in [0, 0.1) is 0 Å². The molecule has 0 amide bonds. The third-order valence-electron chi connectivity index (χ3n) is 3.96. The van der Waals surface area contributed by atoms with E-state index in [-0.39, 0.29) is 4.90 Å². The maximum Gasteiger partial charge on any atom is 0.264 e. The minimum absolute atomic E-state index is 0.118. The Morgan fingerprint density at radius 3 is 2.83 bits per heavy atom. The third kappa shape index (κ3) is 3.41. The van der Waals surface area contributed by atoms with Crippen LogP contribution in [0.15, 0.2) is 47.5 Å². The van der Waals surface area contributed by atoms with Crippen LogP contribution in [0.5, 0.6) is 0 Å². The Labute approximate surface area is 141 Å². The first-order valence-corrected chi connectivity index (χ1v) is 9.41. The van der Waals surface area contributed by atoms with E-state index >= 15 is 0 Å². The van der Waals surface area contributed by atoms with E-state index in [1.165, 1.54) is 6.20 Å². The molecule has 3 aromatic rings. The lowest BCUT2D eigenvalue weighted by Crippen LogP contribution is -2.13. The Morgan fingerprint density at radius 2 is 2.04 bits per heavy atom. The van der Waals surface area contributed by atoms with Gasteiger partial charge in [-0.25, -0.2) is 8.42 Å². The van der Waals surface area contributed by atoms with Gasteiger partial charge < -0.3 is 0 Å². The average molecular weight is 344 g/mol. The van der Waals surface area contributed by atoms with Gasteiger partial charge in [-0.2, -0.15) is 5.10 Å². The molecule has 0 saturated carbocycles. The second kappa shape index (κ2) is 6.60. The number of hydrogen-bond donors (Lipinski definition) is 2. The molecule has 0 aliphatic carbocycles. The number of H-pyrrole nitrogens is 1. The van der Waals surface area contributed by atoms with E-state index < -0.39 is 10.0 Å². The number of rotatable bonds is 6. The van der Waals surface area contributed by atoms with Gasteiger partial charge >= 0.3 is 0 Å². The first-order valence-electron chi connectivity index (χ1n) is 7.92. The van der Waals surface area contributed by atoms with Crippen LogP contribution in [-0.4, -0.2) is 23.6 Å². The predicted molar refractivity (Wildman–Crippen MR) is 94.5 cm³/mol. The van der Waals surface area contributed by atoms with Crippen LogP contribution in [0.25, 0.3) is 10.9 Å². The molecule has 126 valence electrons.